The summed E-state index contributed by atoms with van der Waals surface area (Å²) in [6, 6.07) is 10.5. The molecule has 0 fully saturated rings. The Hall–Kier alpha value is -3.75. The SMILES string of the molecule is COc1ccc(NC(C)=O)c(NC(=O)c2nc(C)n(-c3ccc(F)cc3)n2)c1. The average molecular weight is 383 g/mol. The number of rotatable bonds is 5. The van der Waals surface area contributed by atoms with Crippen molar-refractivity contribution in [3.8, 4) is 11.4 Å². The Bertz CT molecular complexity index is 1030. The van der Waals surface area contributed by atoms with E-state index in [-0.39, 0.29) is 17.5 Å². The first-order valence-electron chi connectivity index (χ1n) is 8.34. The van der Waals surface area contributed by atoms with Crippen LogP contribution in [-0.2, 0) is 4.79 Å². The fraction of sp³-hybridized carbons (Fsp3) is 0.158. The first kappa shape index (κ1) is 19.0. The van der Waals surface area contributed by atoms with Crippen LogP contribution in [0.1, 0.15) is 23.4 Å². The zero-order chi connectivity index (χ0) is 20.3. The molecule has 0 aliphatic carbocycles. The summed E-state index contributed by atoms with van der Waals surface area (Å²) in [4.78, 5) is 28.2. The number of carbonyl (C=O) groups excluding carboxylic acids is 2. The van der Waals surface area contributed by atoms with Gasteiger partial charge in [0.15, 0.2) is 0 Å². The van der Waals surface area contributed by atoms with Crippen LogP contribution in [0.25, 0.3) is 5.69 Å². The van der Waals surface area contributed by atoms with Gasteiger partial charge >= 0.3 is 0 Å². The third-order valence-electron chi connectivity index (χ3n) is 3.83. The van der Waals surface area contributed by atoms with Crippen LogP contribution in [0.15, 0.2) is 42.5 Å². The van der Waals surface area contributed by atoms with Crippen molar-refractivity contribution in [3.05, 3.63) is 59.9 Å². The summed E-state index contributed by atoms with van der Waals surface area (Å²) in [5.41, 5.74) is 1.33. The monoisotopic (exact) mass is 383 g/mol. The maximum Gasteiger partial charge on any atom is 0.295 e. The molecule has 0 saturated carbocycles. The van der Waals surface area contributed by atoms with E-state index in [1.807, 2.05) is 0 Å². The molecule has 2 aromatic carbocycles. The van der Waals surface area contributed by atoms with Crippen molar-refractivity contribution >= 4 is 23.2 Å². The van der Waals surface area contributed by atoms with Crippen molar-refractivity contribution in [3.63, 3.8) is 0 Å². The van der Waals surface area contributed by atoms with Crippen LogP contribution in [0.2, 0.25) is 0 Å². The van der Waals surface area contributed by atoms with Gasteiger partial charge in [-0.2, -0.15) is 0 Å². The lowest BCUT2D eigenvalue weighted by Gasteiger charge is -2.12. The summed E-state index contributed by atoms with van der Waals surface area (Å²) >= 11 is 0. The number of aryl methyl sites for hydroxylation is 1. The lowest BCUT2D eigenvalue weighted by atomic mass is 10.2. The number of amides is 2. The fourth-order valence-electron chi connectivity index (χ4n) is 2.54. The van der Waals surface area contributed by atoms with Gasteiger partial charge in [-0.3, -0.25) is 9.59 Å². The average Bonchev–Trinajstić information content (AvgIpc) is 3.05. The first-order valence-corrected chi connectivity index (χ1v) is 8.34. The van der Waals surface area contributed by atoms with Gasteiger partial charge in [-0.1, -0.05) is 0 Å². The number of aromatic nitrogens is 3. The number of nitrogens with zero attached hydrogens (tertiary/aromatic N) is 3. The van der Waals surface area contributed by atoms with Crippen LogP contribution in [-0.4, -0.2) is 33.7 Å². The highest BCUT2D eigenvalue weighted by Crippen LogP contribution is 2.27. The molecule has 0 atom stereocenters. The molecule has 3 rings (SSSR count). The zero-order valence-electron chi connectivity index (χ0n) is 15.5. The van der Waals surface area contributed by atoms with Gasteiger partial charge < -0.3 is 15.4 Å². The van der Waals surface area contributed by atoms with E-state index in [4.69, 9.17) is 4.74 Å². The van der Waals surface area contributed by atoms with E-state index < -0.39 is 5.91 Å². The van der Waals surface area contributed by atoms with Crippen molar-refractivity contribution in [1.29, 1.82) is 0 Å². The highest BCUT2D eigenvalue weighted by atomic mass is 19.1. The van der Waals surface area contributed by atoms with Crippen LogP contribution in [0.5, 0.6) is 5.75 Å². The number of anilines is 2. The van der Waals surface area contributed by atoms with E-state index in [9.17, 15) is 14.0 Å². The number of methoxy groups -OCH3 is 1. The summed E-state index contributed by atoms with van der Waals surface area (Å²) in [7, 11) is 1.49. The molecule has 0 aliphatic rings. The van der Waals surface area contributed by atoms with Crippen LogP contribution in [0, 0.1) is 12.7 Å². The molecule has 0 aliphatic heterocycles. The zero-order valence-corrected chi connectivity index (χ0v) is 15.5. The Morgan fingerprint density at radius 3 is 2.43 bits per heavy atom. The van der Waals surface area contributed by atoms with Crippen LogP contribution in [0.3, 0.4) is 0 Å². The highest BCUT2D eigenvalue weighted by Gasteiger charge is 2.17. The summed E-state index contributed by atoms with van der Waals surface area (Å²) in [5.74, 6) is -0.324. The summed E-state index contributed by atoms with van der Waals surface area (Å²) in [6.07, 6.45) is 0. The minimum atomic E-state index is -0.566. The molecule has 0 bridgehead atoms. The van der Waals surface area contributed by atoms with Crippen molar-refractivity contribution in [1.82, 2.24) is 14.8 Å². The molecular weight excluding hydrogens is 365 g/mol. The highest BCUT2D eigenvalue weighted by molar-refractivity contribution is 6.05. The molecule has 9 heteroatoms. The minimum absolute atomic E-state index is 0.0709. The molecule has 0 radical (unpaired) electrons. The Balaban J connectivity index is 1.88. The van der Waals surface area contributed by atoms with Gasteiger partial charge in [0.25, 0.3) is 5.91 Å². The summed E-state index contributed by atoms with van der Waals surface area (Å²) < 4.78 is 19.7. The van der Waals surface area contributed by atoms with Gasteiger partial charge in [0, 0.05) is 13.0 Å². The predicted molar refractivity (Wildman–Crippen MR) is 101 cm³/mol. The molecule has 144 valence electrons. The van der Waals surface area contributed by atoms with Crippen molar-refractivity contribution in [2.45, 2.75) is 13.8 Å². The van der Waals surface area contributed by atoms with Crippen molar-refractivity contribution < 1.29 is 18.7 Å². The Morgan fingerprint density at radius 2 is 1.79 bits per heavy atom. The molecule has 2 amide bonds. The third kappa shape index (κ3) is 4.14. The van der Waals surface area contributed by atoms with Crippen molar-refractivity contribution in [2.75, 3.05) is 17.7 Å². The molecular formula is C19H18FN5O3. The first-order chi connectivity index (χ1) is 13.4. The van der Waals surface area contributed by atoms with E-state index in [0.29, 0.717) is 28.6 Å². The maximum absolute atomic E-state index is 13.1. The van der Waals surface area contributed by atoms with E-state index in [0.717, 1.165) is 0 Å². The number of nitrogens with one attached hydrogen (secondary N) is 2. The van der Waals surface area contributed by atoms with Gasteiger partial charge in [-0.15, -0.1) is 5.10 Å². The number of hydrogen-bond acceptors (Lipinski definition) is 5. The molecule has 0 unspecified atom stereocenters. The molecule has 8 nitrogen and oxygen atoms in total. The van der Waals surface area contributed by atoms with E-state index in [1.54, 1.807) is 25.1 Å². The lowest BCUT2D eigenvalue weighted by Crippen LogP contribution is -2.17. The molecule has 3 aromatic rings. The molecule has 0 spiro atoms. The number of carbonyl (C=O) groups is 2. The van der Waals surface area contributed by atoms with Gasteiger partial charge in [0.2, 0.25) is 11.7 Å². The van der Waals surface area contributed by atoms with Gasteiger partial charge in [-0.05, 0) is 43.3 Å². The van der Waals surface area contributed by atoms with E-state index >= 15 is 0 Å². The Labute approximate surface area is 160 Å². The topological polar surface area (TPSA) is 98.1 Å². The second-order valence-electron chi connectivity index (χ2n) is 5.92. The fourth-order valence-corrected chi connectivity index (χ4v) is 2.54. The molecule has 2 N–H and O–H groups in total. The Kier molecular flexibility index (Phi) is 5.35. The Morgan fingerprint density at radius 1 is 1.07 bits per heavy atom. The summed E-state index contributed by atoms with van der Waals surface area (Å²) in [5, 5.41) is 9.51. The molecule has 0 saturated heterocycles. The largest absolute Gasteiger partial charge is 0.497 e. The number of hydrogen-bond donors (Lipinski definition) is 2. The van der Waals surface area contributed by atoms with Gasteiger partial charge in [-0.25, -0.2) is 14.1 Å². The number of ether oxygens (including phenoxy) is 1. The maximum atomic E-state index is 13.1. The molecule has 1 heterocycles. The smallest absolute Gasteiger partial charge is 0.295 e. The summed E-state index contributed by atoms with van der Waals surface area (Å²) in [6.45, 7) is 3.05. The van der Waals surface area contributed by atoms with Gasteiger partial charge in [0.1, 0.15) is 17.4 Å². The van der Waals surface area contributed by atoms with Gasteiger partial charge in [0.05, 0.1) is 24.2 Å². The normalized spacial score (nSPS) is 10.4. The van der Waals surface area contributed by atoms with E-state index in [1.165, 1.54) is 43.0 Å². The number of halogens is 1. The third-order valence-corrected chi connectivity index (χ3v) is 3.83. The minimum Gasteiger partial charge on any atom is -0.497 e. The standard InChI is InChI=1S/C19H18FN5O3/c1-11-21-18(24-25(11)14-6-4-13(20)5-7-14)19(27)23-17-10-15(28-3)8-9-16(17)22-12(2)26/h4-10H,1-3H3,(H,22,26)(H,23,27). The van der Waals surface area contributed by atoms with Crippen LogP contribution in [0.4, 0.5) is 15.8 Å². The molecule has 1 aromatic heterocycles. The predicted octanol–water partition coefficient (Wildman–Crippen LogP) is 2.93. The van der Waals surface area contributed by atoms with Crippen LogP contribution >= 0.6 is 0 Å². The second-order valence-corrected chi connectivity index (χ2v) is 5.92. The lowest BCUT2D eigenvalue weighted by molar-refractivity contribution is -0.114. The van der Waals surface area contributed by atoms with Crippen molar-refractivity contribution in [2.24, 2.45) is 0 Å². The quantitative estimate of drug-likeness (QED) is 0.706. The van der Waals surface area contributed by atoms with E-state index in [2.05, 4.69) is 20.7 Å². The molecule has 28 heavy (non-hydrogen) atoms. The second kappa shape index (κ2) is 7.87. The number of benzene rings is 2. The van der Waals surface area contributed by atoms with Crippen LogP contribution < -0.4 is 15.4 Å².